The highest BCUT2D eigenvalue weighted by molar-refractivity contribution is 7.98. The third-order valence-corrected chi connectivity index (χ3v) is 5.15. The van der Waals surface area contributed by atoms with Gasteiger partial charge in [-0.15, -0.1) is 11.8 Å². The highest BCUT2D eigenvalue weighted by Crippen LogP contribution is 2.23. The van der Waals surface area contributed by atoms with E-state index in [0.29, 0.717) is 5.69 Å². The second-order valence-electron chi connectivity index (χ2n) is 4.09. The maximum Gasteiger partial charge on any atom is 0.261 e. The number of nitrogens with one attached hydrogen (secondary N) is 1. The van der Waals surface area contributed by atoms with Crippen LogP contribution < -0.4 is 4.72 Å². The van der Waals surface area contributed by atoms with E-state index in [1.807, 2.05) is 24.5 Å². The van der Waals surface area contributed by atoms with Crippen LogP contribution in [0.1, 0.15) is 5.56 Å². The van der Waals surface area contributed by atoms with E-state index in [-0.39, 0.29) is 15.5 Å². The van der Waals surface area contributed by atoms with Crippen molar-refractivity contribution in [1.82, 2.24) is 0 Å². The highest BCUT2D eigenvalue weighted by Gasteiger charge is 2.15. The maximum atomic E-state index is 12.3. The van der Waals surface area contributed by atoms with Crippen LogP contribution in [0.15, 0.2) is 52.3 Å². The van der Waals surface area contributed by atoms with Gasteiger partial charge in [-0.05, 0) is 48.7 Å². The number of sulfonamides is 1. The normalized spacial score (nSPS) is 10.9. The van der Waals surface area contributed by atoms with Crippen LogP contribution in [0.4, 0.5) is 5.69 Å². The van der Waals surface area contributed by atoms with Gasteiger partial charge in [0, 0.05) is 10.6 Å². The van der Waals surface area contributed by atoms with Crippen molar-refractivity contribution < 1.29 is 8.42 Å². The predicted molar refractivity (Wildman–Crippen MR) is 85.2 cm³/mol. The Labute approximate surface area is 132 Å². The van der Waals surface area contributed by atoms with Gasteiger partial charge in [-0.3, -0.25) is 4.72 Å². The van der Waals surface area contributed by atoms with Crippen LogP contribution in [0.3, 0.4) is 0 Å². The first kappa shape index (κ1) is 15.7. The predicted octanol–water partition coefficient (Wildman–Crippen LogP) is 3.73. The molecule has 0 amide bonds. The van der Waals surface area contributed by atoms with E-state index in [4.69, 9.17) is 16.9 Å². The topological polar surface area (TPSA) is 70.0 Å². The summed E-state index contributed by atoms with van der Waals surface area (Å²) in [6.45, 7) is 0. The van der Waals surface area contributed by atoms with E-state index < -0.39 is 10.0 Å². The van der Waals surface area contributed by atoms with E-state index in [1.165, 1.54) is 18.2 Å². The zero-order valence-corrected chi connectivity index (χ0v) is 13.4. The Morgan fingerprint density at radius 3 is 2.38 bits per heavy atom. The molecular weight excluding hydrogens is 328 g/mol. The smallest absolute Gasteiger partial charge is 0.261 e. The number of rotatable bonds is 4. The molecule has 0 fully saturated rings. The summed E-state index contributed by atoms with van der Waals surface area (Å²) in [6.07, 6.45) is 1.94. The average Bonchev–Trinajstić information content (AvgIpc) is 2.47. The number of thioether (sulfide) groups is 1. The lowest BCUT2D eigenvalue weighted by molar-refractivity contribution is 0.601. The van der Waals surface area contributed by atoms with E-state index >= 15 is 0 Å². The Kier molecular flexibility index (Phi) is 4.78. The zero-order chi connectivity index (χ0) is 15.5. The zero-order valence-electron chi connectivity index (χ0n) is 11.0. The number of nitrogens with zero attached hydrogens (tertiary/aromatic N) is 1. The Morgan fingerprint density at radius 1 is 1.19 bits per heavy atom. The van der Waals surface area contributed by atoms with Crippen molar-refractivity contribution in [3.8, 4) is 6.07 Å². The van der Waals surface area contributed by atoms with Crippen LogP contribution in [-0.4, -0.2) is 14.7 Å². The largest absolute Gasteiger partial charge is 0.280 e. The lowest BCUT2D eigenvalue weighted by atomic mass is 10.2. The first-order chi connectivity index (χ1) is 9.96. The van der Waals surface area contributed by atoms with Gasteiger partial charge in [-0.25, -0.2) is 8.42 Å². The number of benzene rings is 2. The van der Waals surface area contributed by atoms with Crippen molar-refractivity contribution in [3.05, 3.63) is 53.1 Å². The maximum absolute atomic E-state index is 12.3. The fraction of sp³-hybridized carbons (Fsp3) is 0.0714. The van der Waals surface area contributed by atoms with Gasteiger partial charge in [0.1, 0.15) is 6.07 Å². The fourth-order valence-corrected chi connectivity index (χ4v) is 3.41. The average molecular weight is 339 g/mol. The molecule has 0 radical (unpaired) electrons. The summed E-state index contributed by atoms with van der Waals surface area (Å²) in [4.78, 5) is 1.06. The molecule has 0 aliphatic carbocycles. The summed E-state index contributed by atoms with van der Waals surface area (Å²) in [7, 11) is -3.73. The molecule has 2 rings (SSSR count). The molecule has 0 saturated heterocycles. The van der Waals surface area contributed by atoms with Gasteiger partial charge in [0.25, 0.3) is 10.0 Å². The van der Waals surface area contributed by atoms with Gasteiger partial charge in [0.2, 0.25) is 0 Å². The molecule has 1 N–H and O–H groups in total. The quantitative estimate of drug-likeness (QED) is 0.862. The molecular formula is C14H11ClN2O2S2. The Bertz CT molecular complexity index is 797. The Balaban J connectivity index is 2.29. The van der Waals surface area contributed by atoms with Crippen LogP contribution in [0.25, 0.3) is 0 Å². The van der Waals surface area contributed by atoms with Crippen molar-refractivity contribution in [3.63, 3.8) is 0 Å². The number of hydrogen-bond donors (Lipinski definition) is 1. The molecule has 0 aromatic heterocycles. The third kappa shape index (κ3) is 3.70. The van der Waals surface area contributed by atoms with Crippen LogP contribution in [0.2, 0.25) is 5.02 Å². The molecule has 0 atom stereocenters. The third-order valence-electron chi connectivity index (χ3n) is 2.71. The van der Waals surface area contributed by atoms with Gasteiger partial charge in [0.15, 0.2) is 0 Å². The molecule has 0 bridgehead atoms. The Morgan fingerprint density at radius 2 is 1.86 bits per heavy atom. The first-order valence-electron chi connectivity index (χ1n) is 5.83. The van der Waals surface area contributed by atoms with Crippen molar-refractivity contribution in [1.29, 1.82) is 5.26 Å². The summed E-state index contributed by atoms with van der Waals surface area (Å²) in [5.74, 6) is 0. The minimum absolute atomic E-state index is 0.0143. The molecule has 0 spiro atoms. The van der Waals surface area contributed by atoms with Crippen LogP contribution >= 0.6 is 23.4 Å². The van der Waals surface area contributed by atoms with E-state index in [1.54, 1.807) is 23.9 Å². The van der Waals surface area contributed by atoms with Crippen molar-refractivity contribution in [2.24, 2.45) is 0 Å². The molecule has 0 unspecified atom stereocenters. The van der Waals surface area contributed by atoms with Gasteiger partial charge in [-0.1, -0.05) is 11.6 Å². The molecule has 21 heavy (non-hydrogen) atoms. The molecule has 4 nitrogen and oxygen atoms in total. The summed E-state index contributed by atoms with van der Waals surface area (Å²) in [5, 5.41) is 8.90. The molecule has 0 aliphatic rings. The van der Waals surface area contributed by atoms with Crippen molar-refractivity contribution in [2.45, 2.75) is 9.79 Å². The summed E-state index contributed by atoms with van der Waals surface area (Å²) >= 11 is 7.43. The lowest BCUT2D eigenvalue weighted by Crippen LogP contribution is -2.13. The molecule has 0 heterocycles. The van der Waals surface area contributed by atoms with Crippen molar-refractivity contribution >= 4 is 39.1 Å². The van der Waals surface area contributed by atoms with E-state index in [9.17, 15) is 8.42 Å². The van der Waals surface area contributed by atoms with Gasteiger partial charge >= 0.3 is 0 Å². The second kappa shape index (κ2) is 6.39. The van der Waals surface area contributed by atoms with Crippen LogP contribution in [0.5, 0.6) is 0 Å². The minimum Gasteiger partial charge on any atom is -0.280 e. The number of nitriles is 1. The highest BCUT2D eigenvalue weighted by atomic mass is 35.5. The SMILES string of the molecule is CSc1ccc(NS(=O)(=O)c2ccc(C#N)c(Cl)c2)cc1. The lowest BCUT2D eigenvalue weighted by Gasteiger charge is -2.09. The molecule has 108 valence electrons. The summed E-state index contributed by atoms with van der Waals surface area (Å²) < 4.78 is 27.0. The monoisotopic (exact) mass is 338 g/mol. The van der Waals surface area contributed by atoms with Gasteiger partial charge in [-0.2, -0.15) is 5.26 Å². The van der Waals surface area contributed by atoms with Crippen molar-refractivity contribution in [2.75, 3.05) is 11.0 Å². The standard InChI is InChI=1S/C14H11ClN2O2S2/c1-20-12-5-3-11(4-6-12)17-21(18,19)13-7-2-10(9-16)14(15)8-13/h2-8,17H,1H3. The second-order valence-corrected chi connectivity index (χ2v) is 7.06. The number of halogens is 1. The van der Waals surface area contributed by atoms with E-state index in [0.717, 1.165) is 4.90 Å². The fourth-order valence-electron chi connectivity index (χ4n) is 1.63. The van der Waals surface area contributed by atoms with Crippen LogP contribution in [-0.2, 0) is 10.0 Å². The number of hydrogen-bond acceptors (Lipinski definition) is 4. The van der Waals surface area contributed by atoms with Gasteiger partial charge in [0.05, 0.1) is 15.5 Å². The number of anilines is 1. The van der Waals surface area contributed by atoms with Crippen LogP contribution in [0, 0.1) is 11.3 Å². The minimum atomic E-state index is -3.73. The Hall–Kier alpha value is -1.68. The molecule has 2 aromatic rings. The van der Waals surface area contributed by atoms with Gasteiger partial charge < -0.3 is 0 Å². The molecule has 7 heteroatoms. The van der Waals surface area contributed by atoms with E-state index in [2.05, 4.69) is 4.72 Å². The molecule has 0 aliphatic heterocycles. The molecule has 2 aromatic carbocycles. The summed E-state index contributed by atoms with van der Waals surface area (Å²) in [6, 6.07) is 12.9. The first-order valence-corrected chi connectivity index (χ1v) is 8.91. The summed E-state index contributed by atoms with van der Waals surface area (Å²) in [5.41, 5.74) is 0.702. The molecule has 0 saturated carbocycles.